The van der Waals surface area contributed by atoms with Gasteiger partial charge in [-0.05, 0) is 123 Å². The quantitative estimate of drug-likeness (QED) is 0.162. The highest BCUT2D eigenvalue weighted by molar-refractivity contribution is 6.29. The molecule has 0 spiro atoms. The van der Waals surface area contributed by atoms with E-state index < -0.39 is 0 Å². The van der Waals surface area contributed by atoms with Crippen molar-refractivity contribution in [2.24, 2.45) is 0 Å². The van der Waals surface area contributed by atoms with E-state index in [2.05, 4.69) is 241 Å². The lowest BCUT2D eigenvalue weighted by atomic mass is 9.91. The molecule has 0 amide bonds. The van der Waals surface area contributed by atoms with Crippen molar-refractivity contribution in [1.82, 2.24) is 14.5 Å². The van der Waals surface area contributed by atoms with Crippen molar-refractivity contribution in [2.45, 2.75) is 0 Å². The van der Waals surface area contributed by atoms with Gasteiger partial charge in [-0.15, -0.1) is 0 Å². The normalized spacial score (nSPS) is 11.9. The Kier molecular flexibility index (Phi) is 8.28. The van der Waals surface area contributed by atoms with Crippen LogP contribution in [0.15, 0.2) is 237 Å². The van der Waals surface area contributed by atoms with Crippen molar-refractivity contribution in [1.29, 1.82) is 0 Å². The van der Waals surface area contributed by atoms with E-state index in [1.54, 1.807) is 0 Å². The second-order valence-corrected chi connectivity index (χ2v) is 17.7. The zero-order valence-electron chi connectivity index (χ0n) is 36.4. The van der Waals surface area contributed by atoms with Crippen molar-refractivity contribution in [3.63, 3.8) is 0 Å². The van der Waals surface area contributed by atoms with E-state index in [0.29, 0.717) is 5.82 Å². The molecular formula is C64H39N3. The third-order valence-electron chi connectivity index (χ3n) is 13.9. The van der Waals surface area contributed by atoms with Crippen LogP contribution in [0.3, 0.4) is 0 Å². The minimum atomic E-state index is 0.687. The van der Waals surface area contributed by atoms with E-state index in [-0.39, 0.29) is 0 Å². The Hall–Kier alpha value is -8.92. The molecule has 0 atom stereocenters. The summed E-state index contributed by atoms with van der Waals surface area (Å²) in [5.74, 6) is 1.50. The zero-order valence-corrected chi connectivity index (χ0v) is 36.4. The molecule has 0 bridgehead atoms. The Bertz CT molecular complexity index is 4230. The molecule has 0 aliphatic rings. The van der Waals surface area contributed by atoms with Crippen molar-refractivity contribution in [3.8, 4) is 50.7 Å². The van der Waals surface area contributed by atoms with Gasteiger partial charge in [0.2, 0.25) is 0 Å². The molecule has 0 unspecified atom stereocenters. The minimum Gasteiger partial charge on any atom is -0.294 e. The predicted molar refractivity (Wildman–Crippen MR) is 283 cm³/mol. The fraction of sp³-hybridized carbons (Fsp3) is 0. The van der Waals surface area contributed by atoms with Crippen LogP contribution in [0.2, 0.25) is 0 Å². The number of fused-ring (bicyclic) bond motifs is 12. The Morgan fingerprint density at radius 1 is 0.254 bits per heavy atom. The molecule has 0 saturated carbocycles. The first-order valence-electron chi connectivity index (χ1n) is 23.0. The van der Waals surface area contributed by atoms with Crippen LogP contribution in [0.5, 0.6) is 0 Å². The van der Waals surface area contributed by atoms with Crippen molar-refractivity contribution >= 4 is 86.4 Å². The number of hydrogen-bond donors (Lipinski definition) is 0. The summed E-state index contributed by atoms with van der Waals surface area (Å²) in [6.07, 6.45) is 0. The minimum absolute atomic E-state index is 0.687. The summed E-state index contributed by atoms with van der Waals surface area (Å²) in [6.45, 7) is 0. The average molecular weight is 850 g/mol. The van der Waals surface area contributed by atoms with Gasteiger partial charge in [-0.3, -0.25) is 4.57 Å². The molecule has 0 saturated heterocycles. The molecule has 0 radical (unpaired) electrons. The summed E-state index contributed by atoms with van der Waals surface area (Å²) in [6, 6.07) is 86.0. The lowest BCUT2D eigenvalue weighted by Gasteiger charge is -2.15. The molecule has 2 heterocycles. The third-order valence-corrected chi connectivity index (χ3v) is 13.9. The monoisotopic (exact) mass is 849 g/mol. The topological polar surface area (TPSA) is 30.7 Å². The number of rotatable bonds is 5. The first kappa shape index (κ1) is 37.5. The van der Waals surface area contributed by atoms with Crippen molar-refractivity contribution in [2.75, 3.05) is 0 Å². The van der Waals surface area contributed by atoms with Gasteiger partial charge in [-0.25, -0.2) is 9.97 Å². The lowest BCUT2D eigenvalue weighted by molar-refractivity contribution is 1.05. The van der Waals surface area contributed by atoms with Gasteiger partial charge in [0.05, 0.1) is 16.7 Å². The summed E-state index contributed by atoms with van der Waals surface area (Å²) < 4.78 is 2.38. The summed E-state index contributed by atoms with van der Waals surface area (Å²) >= 11 is 0. The Balaban J connectivity index is 1.09. The smallest absolute Gasteiger partial charge is 0.162 e. The highest BCUT2D eigenvalue weighted by Gasteiger charge is 2.21. The van der Waals surface area contributed by atoms with Crippen LogP contribution >= 0.6 is 0 Å². The van der Waals surface area contributed by atoms with E-state index >= 15 is 0 Å². The van der Waals surface area contributed by atoms with Crippen LogP contribution in [0.25, 0.3) is 137 Å². The van der Waals surface area contributed by atoms with E-state index in [1.807, 2.05) is 0 Å². The van der Waals surface area contributed by atoms with Gasteiger partial charge in [-0.1, -0.05) is 194 Å². The Morgan fingerprint density at radius 3 is 1.55 bits per heavy atom. The largest absolute Gasteiger partial charge is 0.294 e. The summed E-state index contributed by atoms with van der Waals surface area (Å²) in [4.78, 5) is 11.0. The van der Waals surface area contributed by atoms with Crippen LogP contribution < -0.4 is 0 Å². The third kappa shape index (κ3) is 5.99. The summed E-state index contributed by atoms with van der Waals surface area (Å²) in [5, 5.41) is 16.8. The molecule has 310 valence electrons. The number of hydrogen-bond acceptors (Lipinski definition) is 2. The summed E-state index contributed by atoms with van der Waals surface area (Å²) in [5.41, 5.74) is 9.89. The molecule has 3 heteroatoms. The average Bonchev–Trinajstić information content (AvgIpc) is 3.72. The SMILES string of the molecule is c1ccc(-c2ccc3c(c2)c2cc4c5ccccc5c5cc(-c6ccc7ccccc7c6)ccc5c4cc2n3-c2cc(-c3cccc4ccccc34)nc(-c3cccc4ccccc34)n2)cc1. The maximum Gasteiger partial charge on any atom is 0.162 e. The van der Waals surface area contributed by atoms with Crippen LogP contribution in [-0.4, -0.2) is 14.5 Å². The number of nitrogens with zero attached hydrogens (tertiary/aromatic N) is 3. The maximum absolute atomic E-state index is 5.59. The molecular weight excluding hydrogens is 811 g/mol. The van der Waals surface area contributed by atoms with E-state index in [4.69, 9.17) is 9.97 Å². The van der Waals surface area contributed by atoms with Gasteiger partial charge in [0.25, 0.3) is 0 Å². The summed E-state index contributed by atoms with van der Waals surface area (Å²) in [7, 11) is 0. The fourth-order valence-electron chi connectivity index (χ4n) is 10.7. The molecule has 14 rings (SSSR count). The molecule has 3 nitrogen and oxygen atoms in total. The van der Waals surface area contributed by atoms with Crippen LogP contribution in [0.4, 0.5) is 0 Å². The number of benzene rings is 12. The molecule has 0 N–H and O–H groups in total. The standard InChI is InChI=1S/C64H39N3/c1-2-14-40(15-3-1)46-31-33-61-58(36-46)59-37-56-51-25-11-10-24-50(51)55-35-47(45-29-28-41-16-4-5-19-44(41)34-45)30-32-52(55)57(56)38-62(59)67(61)63-39-60(53-26-12-20-42-17-6-8-22-48(42)53)65-64(66-63)54-27-13-21-43-18-7-9-23-49(43)54/h1-39H. The molecule has 67 heavy (non-hydrogen) atoms. The van der Waals surface area contributed by atoms with E-state index in [0.717, 1.165) is 49.8 Å². The molecule has 0 aliphatic carbocycles. The lowest BCUT2D eigenvalue weighted by Crippen LogP contribution is -2.03. The predicted octanol–water partition coefficient (Wildman–Crippen LogP) is 17.2. The van der Waals surface area contributed by atoms with Gasteiger partial charge in [0, 0.05) is 28.0 Å². The number of aromatic nitrogens is 3. The second-order valence-electron chi connectivity index (χ2n) is 17.7. The molecule has 0 fully saturated rings. The molecule has 2 aromatic heterocycles. The highest BCUT2D eigenvalue weighted by atomic mass is 15.1. The van der Waals surface area contributed by atoms with Crippen molar-refractivity contribution in [3.05, 3.63) is 237 Å². The highest BCUT2D eigenvalue weighted by Crippen LogP contribution is 2.44. The fourth-order valence-corrected chi connectivity index (χ4v) is 10.7. The van der Waals surface area contributed by atoms with E-state index in [1.165, 1.54) is 81.5 Å². The van der Waals surface area contributed by atoms with Gasteiger partial charge < -0.3 is 0 Å². The van der Waals surface area contributed by atoms with E-state index in [9.17, 15) is 0 Å². The van der Waals surface area contributed by atoms with Crippen LogP contribution in [0, 0.1) is 0 Å². The Morgan fingerprint density at radius 2 is 0.776 bits per heavy atom. The first-order valence-corrected chi connectivity index (χ1v) is 23.0. The van der Waals surface area contributed by atoms with Gasteiger partial charge in [-0.2, -0.15) is 0 Å². The first-order chi connectivity index (χ1) is 33.2. The second kappa shape index (κ2) is 14.8. The van der Waals surface area contributed by atoms with Crippen LogP contribution in [0.1, 0.15) is 0 Å². The maximum atomic E-state index is 5.59. The Labute approximate surface area is 386 Å². The molecule has 14 aromatic rings. The van der Waals surface area contributed by atoms with Crippen LogP contribution in [-0.2, 0) is 0 Å². The van der Waals surface area contributed by atoms with Gasteiger partial charge in [0.1, 0.15) is 5.82 Å². The van der Waals surface area contributed by atoms with Crippen molar-refractivity contribution < 1.29 is 0 Å². The molecule has 0 aliphatic heterocycles. The van der Waals surface area contributed by atoms with Gasteiger partial charge >= 0.3 is 0 Å². The zero-order chi connectivity index (χ0) is 44.0. The van der Waals surface area contributed by atoms with Gasteiger partial charge in [0.15, 0.2) is 5.82 Å². The molecule has 12 aromatic carbocycles.